The van der Waals surface area contributed by atoms with Crippen LogP contribution in [0.2, 0.25) is 0 Å². The summed E-state index contributed by atoms with van der Waals surface area (Å²) in [7, 11) is 0. The highest BCUT2D eigenvalue weighted by atomic mass is 32.1. The number of amides is 1. The Morgan fingerprint density at radius 3 is 3.16 bits per heavy atom. The first kappa shape index (κ1) is 12.8. The molecular weight excluding hydrogens is 278 g/mol. The van der Waals surface area contributed by atoms with Crippen molar-refractivity contribution in [1.29, 1.82) is 0 Å². The molecule has 2 N–H and O–H groups in total. The van der Waals surface area contributed by atoms with Crippen molar-refractivity contribution in [2.75, 3.05) is 13.1 Å². The molecule has 1 atom stereocenters. The number of hydrogen-bond acceptors (Lipinski definition) is 5. The minimum absolute atomic E-state index is 0.0623. The van der Waals surface area contributed by atoms with Gasteiger partial charge >= 0.3 is 0 Å². The number of carbonyl (C=O) groups excluding carboxylic acids is 1. The van der Waals surface area contributed by atoms with Crippen molar-refractivity contribution in [3.05, 3.63) is 28.6 Å². The van der Waals surface area contributed by atoms with Crippen molar-refractivity contribution < 1.29 is 4.79 Å². The normalized spacial score (nSPS) is 19.3. The summed E-state index contributed by atoms with van der Waals surface area (Å²) < 4.78 is 0. The lowest BCUT2D eigenvalue weighted by Crippen LogP contribution is -2.45. The molecule has 0 radical (unpaired) electrons. The zero-order chi connectivity index (χ0) is 13.1. The Morgan fingerprint density at radius 1 is 1.47 bits per heavy atom. The van der Waals surface area contributed by atoms with Gasteiger partial charge < -0.3 is 10.6 Å². The highest BCUT2D eigenvalue weighted by Gasteiger charge is 2.18. The topological polar surface area (TPSA) is 54.0 Å². The van der Waals surface area contributed by atoms with E-state index in [4.69, 9.17) is 0 Å². The molecule has 0 bridgehead atoms. The number of thiophene rings is 1. The summed E-state index contributed by atoms with van der Waals surface area (Å²) in [5.74, 6) is -0.0623. The van der Waals surface area contributed by atoms with E-state index in [-0.39, 0.29) is 11.9 Å². The Labute approximate surface area is 119 Å². The van der Waals surface area contributed by atoms with Gasteiger partial charge in [0.15, 0.2) is 0 Å². The summed E-state index contributed by atoms with van der Waals surface area (Å²) in [6.07, 6.45) is 2.16. The molecule has 4 nitrogen and oxygen atoms in total. The number of hydrogen-bond donors (Lipinski definition) is 2. The zero-order valence-corrected chi connectivity index (χ0v) is 12.0. The molecule has 6 heteroatoms. The predicted octanol–water partition coefficient (Wildman–Crippen LogP) is 2.35. The third-order valence-corrected chi connectivity index (χ3v) is 4.98. The van der Waals surface area contributed by atoms with Crippen LogP contribution in [-0.4, -0.2) is 30.0 Å². The van der Waals surface area contributed by atoms with Gasteiger partial charge in [-0.2, -0.15) is 0 Å². The van der Waals surface area contributed by atoms with Crippen LogP contribution in [0.3, 0.4) is 0 Å². The Bertz CT molecular complexity index is 544. The van der Waals surface area contributed by atoms with Crippen molar-refractivity contribution in [3.63, 3.8) is 0 Å². The summed E-state index contributed by atoms with van der Waals surface area (Å²) in [6, 6.07) is 4.25. The second-order valence-electron chi connectivity index (χ2n) is 4.53. The van der Waals surface area contributed by atoms with Crippen LogP contribution in [0.15, 0.2) is 22.9 Å². The van der Waals surface area contributed by atoms with Crippen LogP contribution < -0.4 is 10.6 Å². The highest BCUT2D eigenvalue weighted by molar-refractivity contribution is 7.20. The minimum Gasteiger partial charge on any atom is -0.347 e. The quantitative estimate of drug-likeness (QED) is 0.913. The van der Waals surface area contributed by atoms with E-state index in [0.29, 0.717) is 5.69 Å². The Morgan fingerprint density at radius 2 is 2.42 bits per heavy atom. The van der Waals surface area contributed by atoms with Gasteiger partial charge in [0.2, 0.25) is 0 Å². The molecule has 1 aliphatic rings. The van der Waals surface area contributed by atoms with E-state index < -0.39 is 0 Å². The van der Waals surface area contributed by atoms with Crippen LogP contribution in [0.25, 0.3) is 9.88 Å². The van der Waals surface area contributed by atoms with E-state index >= 15 is 0 Å². The number of nitrogens with zero attached hydrogens (tertiary/aromatic N) is 1. The summed E-state index contributed by atoms with van der Waals surface area (Å²) in [6.45, 7) is 1.90. The second-order valence-corrected chi connectivity index (χ2v) is 6.34. The van der Waals surface area contributed by atoms with E-state index in [0.717, 1.165) is 35.8 Å². The molecule has 19 heavy (non-hydrogen) atoms. The maximum absolute atomic E-state index is 12.1. The van der Waals surface area contributed by atoms with Gasteiger partial charge in [0.1, 0.15) is 10.7 Å². The maximum atomic E-state index is 12.1. The van der Waals surface area contributed by atoms with Crippen LogP contribution in [0.4, 0.5) is 0 Å². The van der Waals surface area contributed by atoms with Gasteiger partial charge in [-0.05, 0) is 30.8 Å². The van der Waals surface area contributed by atoms with Gasteiger partial charge in [-0.1, -0.05) is 6.07 Å². The van der Waals surface area contributed by atoms with Crippen molar-refractivity contribution in [1.82, 2.24) is 15.6 Å². The Kier molecular flexibility index (Phi) is 3.91. The SMILES string of the molecule is O=C(NC1CCCNC1)c1csc(-c2cccs2)n1. The third-order valence-electron chi connectivity index (χ3n) is 3.10. The molecule has 1 amide bonds. The average molecular weight is 293 g/mol. The molecule has 0 aromatic carbocycles. The van der Waals surface area contributed by atoms with Crippen LogP contribution >= 0.6 is 22.7 Å². The van der Waals surface area contributed by atoms with Crippen LogP contribution in [0.5, 0.6) is 0 Å². The molecular formula is C13H15N3OS2. The third kappa shape index (κ3) is 3.02. The number of nitrogens with one attached hydrogen (secondary N) is 2. The first-order chi connectivity index (χ1) is 9.33. The predicted molar refractivity (Wildman–Crippen MR) is 78.8 cm³/mol. The summed E-state index contributed by atoms with van der Waals surface area (Å²) in [5.41, 5.74) is 0.527. The summed E-state index contributed by atoms with van der Waals surface area (Å²) in [4.78, 5) is 17.6. The van der Waals surface area contributed by atoms with Crippen LogP contribution in [-0.2, 0) is 0 Å². The van der Waals surface area contributed by atoms with Gasteiger partial charge in [-0.25, -0.2) is 4.98 Å². The molecule has 2 aromatic heterocycles. The summed E-state index contributed by atoms with van der Waals surface area (Å²) >= 11 is 3.16. The van der Waals surface area contributed by atoms with Crippen molar-refractivity contribution in [3.8, 4) is 9.88 Å². The summed E-state index contributed by atoms with van der Waals surface area (Å²) in [5, 5.41) is 11.1. The Balaban J connectivity index is 1.67. The van der Waals surface area contributed by atoms with E-state index in [1.165, 1.54) is 11.3 Å². The van der Waals surface area contributed by atoms with Crippen molar-refractivity contribution >= 4 is 28.6 Å². The molecule has 3 heterocycles. The molecule has 0 saturated carbocycles. The minimum atomic E-state index is -0.0623. The van der Waals surface area contributed by atoms with Crippen molar-refractivity contribution in [2.45, 2.75) is 18.9 Å². The van der Waals surface area contributed by atoms with E-state index in [1.807, 2.05) is 22.9 Å². The van der Waals surface area contributed by atoms with E-state index in [9.17, 15) is 4.79 Å². The largest absolute Gasteiger partial charge is 0.347 e. The lowest BCUT2D eigenvalue weighted by atomic mass is 10.1. The Hall–Kier alpha value is -1.24. The molecule has 2 aromatic rings. The van der Waals surface area contributed by atoms with Gasteiger partial charge in [0.05, 0.1) is 4.88 Å². The van der Waals surface area contributed by atoms with Gasteiger partial charge in [0.25, 0.3) is 5.91 Å². The van der Waals surface area contributed by atoms with Gasteiger partial charge in [-0.3, -0.25) is 4.79 Å². The fraction of sp³-hybridized carbons (Fsp3) is 0.385. The molecule has 100 valence electrons. The number of piperidine rings is 1. The van der Waals surface area contributed by atoms with Crippen molar-refractivity contribution in [2.24, 2.45) is 0 Å². The van der Waals surface area contributed by atoms with Gasteiger partial charge in [-0.15, -0.1) is 22.7 Å². The molecule has 1 unspecified atom stereocenters. The molecule has 3 rings (SSSR count). The number of aromatic nitrogens is 1. The average Bonchev–Trinajstić information content (AvgIpc) is 3.11. The fourth-order valence-electron chi connectivity index (χ4n) is 2.13. The first-order valence-corrected chi connectivity index (χ1v) is 8.10. The van der Waals surface area contributed by atoms with E-state index in [1.54, 1.807) is 11.3 Å². The maximum Gasteiger partial charge on any atom is 0.271 e. The molecule has 1 aliphatic heterocycles. The zero-order valence-electron chi connectivity index (χ0n) is 10.4. The lowest BCUT2D eigenvalue weighted by Gasteiger charge is -2.23. The van der Waals surface area contributed by atoms with Crippen LogP contribution in [0.1, 0.15) is 23.3 Å². The number of rotatable bonds is 3. The monoisotopic (exact) mass is 293 g/mol. The fourth-order valence-corrected chi connectivity index (χ4v) is 3.74. The molecule has 0 aliphatic carbocycles. The lowest BCUT2D eigenvalue weighted by molar-refractivity contribution is 0.0926. The molecule has 1 saturated heterocycles. The number of thiazole rings is 1. The second kappa shape index (κ2) is 5.81. The van der Waals surface area contributed by atoms with Gasteiger partial charge in [0, 0.05) is 18.0 Å². The highest BCUT2D eigenvalue weighted by Crippen LogP contribution is 2.27. The standard InChI is InChI=1S/C13H15N3OS2/c17-12(15-9-3-1-5-14-7-9)10-8-19-13(16-10)11-4-2-6-18-11/h2,4,6,8-9,14H,1,3,5,7H2,(H,15,17). The van der Waals surface area contributed by atoms with Crippen LogP contribution in [0, 0.1) is 0 Å². The number of carbonyl (C=O) groups is 1. The smallest absolute Gasteiger partial charge is 0.271 e. The molecule has 0 spiro atoms. The molecule has 1 fully saturated rings. The first-order valence-electron chi connectivity index (χ1n) is 6.34. The van der Waals surface area contributed by atoms with E-state index in [2.05, 4.69) is 15.6 Å².